The number of aliphatic hydroxyl groups is 1. The highest BCUT2D eigenvalue weighted by Gasteiger charge is 2.46. The molecule has 2 heterocycles. The molecule has 1 aromatic rings. The van der Waals surface area contributed by atoms with E-state index >= 15 is 9.59 Å². The van der Waals surface area contributed by atoms with E-state index in [1.807, 2.05) is 66.4 Å². The second-order valence-electron chi connectivity index (χ2n) is 27.5. The van der Waals surface area contributed by atoms with Crippen LogP contribution in [0, 0.1) is 47.2 Å². The summed E-state index contributed by atoms with van der Waals surface area (Å²) in [5, 5.41) is 23.1. The van der Waals surface area contributed by atoms with E-state index in [2.05, 4.69) is 21.3 Å². The van der Waals surface area contributed by atoms with Crippen LogP contribution in [-0.2, 0) is 52.7 Å². The molecule has 0 aliphatic carbocycles. The van der Waals surface area contributed by atoms with Crippen molar-refractivity contribution < 1.29 is 62.2 Å². The third-order valence-electron chi connectivity index (χ3n) is 16.9. The van der Waals surface area contributed by atoms with E-state index < -0.39 is 173 Å². The molecule has 7 N–H and O–H groups in total. The fourth-order valence-corrected chi connectivity index (χ4v) is 11.1. The summed E-state index contributed by atoms with van der Waals surface area (Å²) in [7, 11) is 9.92. The van der Waals surface area contributed by atoms with E-state index in [9.17, 15) is 62.2 Å². The Morgan fingerprint density at radius 1 is 0.511 bits per heavy atom. The zero-order valence-electron chi connectivity index (χ0n) is 60.3. The van der Waals surface area contributed by atoms with Crippen LogP contribution in [0.4, 0.5) is 4.39 Å². The first kappa shape index (κ1) is 84.5. The van der Waals surface area contributed by atoms with Crippen LogP contribution in [0.15, 0.2) is 27.9 Å². The average molecular weight is 1330 g/mol. The van der Waals surface area contributed by atoms with Crippen molar-refractivity contribution in [1.29, 1.82) is 0 Å². The molecule has 11 amide bonds. The number of aromatic nitrogens is 2. The molecule has 12 atom stereocenters. The number of hydrogen-bond donors (Lipinski definition) is 7. The number of hydrogen-bond acceptors (Lipinski definition) is 14. The number of likely N-dealkylation sites (N-methyl/N-ethyl adjacent to an activating group) is 7. The van der Waals surface area contributed by atoms with Crippen LogP contribution >= 0.6 is 0 Å². The molecule has 534 valence electrons. The molecule has 1 aromatic heterocycles. The zero-order chi connectivity index (χ0) is 72.8. The summed E-state index contributed by atoms with van der Waals surface area (Å²) in [5.74, 6) is -10.7. The number of amides is 11. The van der Waals surface area contributed by atoms with Gasteiger partial charge >= 0.3 is 5.69 Å². The van der Waals surface area contributed by atoms with Gasteiger partial charge in [-0.15, -0.1) is 0 Å². The Morgan fingerprint density at radius 3 is 1.39 bits per heavy atom. The molecule has 27 nitrogen and oxygen atoms in total. The maximum Gasteiger partial charge on any atom is 0.325 e. The number of allylic oxidation sites excluding steroid dienone is 2. The summed E-state index contributed by atoms with van der Waals surface area (Å²) in [6.07, 6.45) is 3.75. The monoisotopic (exact) mass is 1330 g/mol. The molecule has 0 radical (unpaired) electrons. The van der Waals surface area contributed by atoms with Crippen LogP contribution in [0.25, 0.3) is 0 Å². The molecule has 28 heteroatoms. The van der Waals surface area contributed by atoms with E-state index in [0.29, 0.717) is 12.6 Å². The van der Waals surface area contributed by atoms with Crippen molar-refractivity contribution in [3.63, 3.8) is 0 Å². The van der Waals surface area contributed by atoms with Crippen LogP contribution in [0.5, 0.6) is 0 Å². The van der Waals surface area contributed by atoms with Gasteiger partial charge in [-0.05, 0) is 101 Å². The predicted octanol–water partition coefficient (Wildman–Crippen LogP) is 2.47. The predicted molar refractivity (Wildman–Crippen MR) is 356 cm³/mol. The van der Waals surface area contributed by atoms with Gasteiger partial charge in [-0.1, -0.05) is 109 Å². The number of rotatable bonds is 15. The fourth-order valence-electron chi connectivity index (χ4n) is 11.1. The van der Waals surface area contributed by atoms with Crippen molar-refractivity contribution in [3.05, 3.63) is 45.0 Å². The highest BCUT2D eigenvalue weighted by atomic mass is 19.1. The minimum absolute atomic E-state index is 0.0229. The first-order valence-corrected chi connectivity index (χ1v) is 32.7. The Bertz CT molecular complexity index is 2890. The third-order valence-corrected chi connectivity index (χ3v) is 16.9. The van der Waals surface area contributed by atoms with E-state index in [1.54, 1.807) is 59.5 Å². The summed E-state index contributed by atoms with van der Waals surface area (Å²) in [6.45, 7) is 29.3. The number of aromatic amines is 2. The Morgan fingerprint density at radius 2 is 0.947 bits per heavy atom. The van der Waals surface area contributed by atoms with Gasteiger partial charge < -0.3 is 65.7 Å². The normalized spacial score (nSPS) is 25.2. The van der Waals surface area contributed by atoms with E-state index in [-0.39, 0.29) is 55.8 Å². The highest BCUT2D eigenvalue weighted by molar-refractivity contribution is 5.99. The maximum atomic E-state index is 15.1. The van der Waals surface area contributed by atoms with Crippen LogP contribution in [0.2, 0.25) is 0 Å². The quantitative estimate of drug-likeness (QED) is 0.124. The average Bonchev–Trinajstić information content (AvgIpc) is 0.814. The van der Waals surface area contributed by atoms with Crippen molar-refractivity contribution in [3.8, 4) is 0 Å². The number of nitrogens with zero attached hydrogens (tertiary/aromatic N) is 7. The summed E-state index contributed by atoms with van der Waals surface area (Å²) in [4.78, 5) is 193. The van der Waals surface area contributed by atoms with Gasteiger partial charge in [-0.25, -0.2) is 4.79 Å². The molecular formula is C66H114FN13O14. The third kappa shape index (κ3) is 24.4. The van der Waals surface area contributed by atoms with Crippen LogP contribution < -0.4 is 32.5 Å². The number of halogens is 1. The maximum absolute atomic E-state index is 15.1. The Labute approximate surface area is 555 Å². The van der Waals surface area contributed by atoms with Crippen LogP contribution in [0.3, 0.4) is 0 Å². The molecule has 0 spiro atoms. The molecule has 1 aliphatic rings. The molecule has 0 aromatic carbocycles. The second kappa shape index (κ2) is 38.7. The van der Waals surface area contributed by atoms with Gasteiger partial charge in [-0.2, -0.15) is 4.39 Å². The summed E-state index contributed by atoms with van der Waals surface area (Å²) in [6, 6.07) is -12.3. The van der Waals surface area contributed by atoms with Crippen LogP contribution in [0.1, 0.15) is 156 Å². The number of carbonyl (C=O) groups is 11. The lowest BCUT2D eigenvalue weighted by atomic mass is 9.91. The van der Waals surface area contributed by atoms with Gasteiger partial charge in [0.25, 0.3) is 5.56 Å². The Hall–Kier alpha value is -7.52. The van der Waals surface area contributed by atoms with Gasteiger partial charge in [0.15, 0.2) is 0 Å². The molecule has 1 saturated heterocycles. The number of aliphatic hydroxyl groups excluding tert-OH is 1. The second-order valence-corrected chi connectivity index (χ2v) is 27.5. The van der Waals surface area contributed by atoms with Gasteiger partial charge in [0.1, 0.15) is 60.4 Å². The smallest absolute Gasteiger partial charge is 0.325 e. The lowest BCUT2D eigenvalue weighted by molar-refractivity contribution is -0.157. The SMILES string of the molecule is C/C=C/C[C@@H](C)[C@@H](O)[C@H]1C(=O)N[C@@H](CC)C(=O)N(C)CC(=O)N(C)[C@@H](CC(C)C)C(=O)N[C@@H](C(C)C)C(=O)N(C)[C@@H](CC(C)C)C(=O)N[C@@H](C)C(=O)N[C@H](C)C(=O)N(C)[C@@H](CC(C)C)C(=O)N(C)[C@@H](CC(C)C)C(=O)N(C)[C@@H](C(C)C)C(=O)N1C.O=c1[nH]cc(F)c(=O)[nH]1. The first-order valence-electron chi connectivity index (χ1n) is 32.7. The van der Waals surface area contributed by atoms with Gasteiger partial charge in [-0.3, -0.25) is 62.5 Å². The van der Waals surface area contributed by atoms with Crippen molar-refractivity contribution >= 4 is 65.0 Å². The molecule has 94 heavy (non-hydrogen) atoms. The van der Waals surface area contributed by atoms with Gasteiger partial charge in [0, 0.05) is 55.5 Å². The van der Waals surface area contributed by atoms with Crippen LogP contribution in [-0.4, -0.2) is 237 Å². The summed E-state index contributed by atoms with van der Waals surface area (Å²) < 4.78 is 12.0. The minimum atomic E-state index is -1.61. The highest BCUT2D eigenvalue weighted by Crippen LogP contribution is 2.26. The molecule has 1 aliphatic heterocycles. The summed E-state index contributed by atoms with van der Waals surface area (Å²) in [5.41, 5.74) is -1.71. The van der Waals surface area contributed by atoms with E-state index in [4.69, 9.17) is 0 Å². The van der Waals surface area contributed by atoms with Crippen molar-refractivity contribution in [2.45, 2.75) is 223 Å². The molecule has 1 fully saturated rings. The summed E-state index contributed by atoms with van der Waals surface area (Å²) >= 11 is 0. The van der Waals surface area contributed by atoms with Crippen molar-refractivity contribution in [2.75, 3.05) is 55.9 Å². The number of carbonyl (C=O) groups excluding carboxylic acids is 11. The molecule has 0 saturated carbocycles. The molecular weight excluding hydrogens is 1220 g/mol. The minimum Gasteiger partial charge on any atom is -0.390 e. The topological polar surface area (TPSA) is 345 Å². The first-order chi connectivity index (χ1) is 43.4. The van der Waals surface area contributed by atoms with Crippen molar-refractivity contribution in [1.82, 2.24) is 65.5 Å². The molecule has 0 unspecified atom stereocenters. The van der Waals surface area contributed by atoms with Crippen molar-refractivity contribution in [2.24, 2.45) is 41.4 Å². The molecule has 2 rings (SSSR count). The number of H-pyrrole nitrogens is 2. The van der Waals surface area contributed by atoms with Gasteiger partial charge in [0.05, 0.1) is 12.6 Å². The standard InChI is InChI=1S/C62H111N11O12.C4H3FN2O2/c1-25-27-28-40(15)52(75)51-56(79)65-43(26-2)58(81)67(18)33-48(74)68(19)44(29-34(3)4)55(78)66-49(38(11)12)61(84)69(20)45(30-35(5)6)54(77)63-41(16)53(76)64-42(17)57(80)70(21)46(31-36(7)8)59(82)71(22)47(32-37(9)10)60(83)72(23)50(39(13)14)62(85)73(51)24;5-2-1-6-4(9)7-3(2)8/h25,27,34-47,49-52,75H,26,28-33H2,1-24H3,(H,63,77)(H,64,76)(H,65,79)(H,66,78);1H,(H2,6,7,8,9)/b27-25+;/t40-,41+,42-,43+,44+,45+,46+,47+,49+,50+,51+,52-;/m1./s1. The Balaban J connectivity index is 0.00000449. The lowest BCUT2D eigenvalue weighted by Gasteiger charge is -2.41. The Kier molecular flexibility index (Phi) is 34.8. The molecule has 0 bridgehead atoms. The zero-order valence-corrected chi connectivity index (χ0v) is 60.3. The lowest BCUT2D eigenvalue weighted by Crippen LogP contribution is -2.63. The number of nitrogens with one attached hydrogen (secondary N) is 6. The largest absolute Gasteiger partial charge is 0.390 e. The van der Waals surface area contributed by atoms with E-state index in [1.165, 1.54) is 87.7 Å². The van der Waals surface area contributed by atoms with Gasteiger partial charge in [0.2, 0.25) is 70.8 Å². The van der Waals surface area contributed by atoms with E-state index in [0.717, 1.165) is 9.80 Å². The fraction of sp³-hybridized carbons (Fsp3) is 0.742.